The van der Waals surface area contributed by atoms with Gasteiger partial charge in [-0.15, -0.1) is 11.8 Å². The topological polar surface area (TPSA) is 37.4 Å². The second-order valence-electron chi connectivity index (χ2n) is 8.52. The van der Waals surface area contributed by atoms with Gasteiger partial charge >= 0.3 is 0 Å². The number of piperidine rings is 1. The van der Waals surface area contributed by atoms with Gasteiger partial charge in [-0.3, -0.25) is 0 Å². The van der Waals surface area contributed by atoms with Crippen molar-refractivity contribution in [3.8, 4) is 0 Å². The van der Waals surface area contributed by atoms with Crippen LogP contribution in [0.5, 0.6) is 0 Å². The van der Waals surface area contributed by atoms with E-state index in [9.17, 15) is 8.42 Å². The molecule has 2 atom stereocenters. The van der Waals surface area contributed by atoms with E-state index >= 15 is 0 Å². The summed E-state index contributed by atoms with van der Waals surface area (Å²) in [7, 11) is -3.53. The van der Waals surface area contributed by atoms with Gasteiger partial charge < -0.3 is 0 Å². The average molecular weight is 446 g/mol. The van der Waals surface area contributed by atoms with Crippen molar-refractivity contribution in [3.05, 3.63) is 59.2 Å². The van der Waals surface area contributed by atoms with Crippen molar-refractivity contribution in [2.75, 3.05) is 6.54 Å². The zero-order valence-electron chi connectivity index (χ0n) is 18.7. The van der Waals surface area contributed by atoms with Gasteiger partial charge in [0.05, 0.1) is 4.90 Å². The molecule has 1 heterocycles. The number of benzene rings is 2. The van der Waals surface area contributed by atoms with Gasteiger partial charge in [-0.2, -0.15) is 4.31 Å². The molecule has 0 bridgehead atoms. The lowest BCUT2D eigenvalue weighted by Crippen LogP contribution is -2.50. The van der Waals surface area contributed by atoms with E-state index in [0.717, 1.165) is 55.2 Å². The van der Waals surface area contributed by atoms with E-state index in [1.807, 2.05) is 55.0 Å². The number of hydrogen-bond donors (Lipinski definition) is 0. The molecule has 30 heavy (non-hydrogen) atoms. The predicted octanol–water partition coefficient (Wildman–Crippen LogP) is 6.51. The average Bonchev–Trinajstić information content (AvgIpc) is 2.69. The Morgan fingerprint density at radius 1 is 1.03 bits per heavy atom. The number of sulfonamides is 1. The van der Waals surface area contributed by atoms with Crippen LogP contribution in [0.1, 0.15) is 62.1 Å². The zero-order chi connectivity index (χ0) is 21.7. The number of rotatable bonds is 8. The van der Waals surface area contributed by atoms with Crippen molar-refractivity contribution in [2.45, 2.75) is 87.3 Å². The summed E-state index contributed by atoms with van der Waals surface area (Å²) in [5.41, 5.74) is 2.83. The molecule has 2 aromatic carbocycles. The second kappa shape index (κ2) is 10.3. The summed E-state index contributed by atoms with van der Waals surface area (Å²) in [6.07, 6.45) is 6.28. The summed E-state index contributed by atoms with van der Waals surface area (Å²) in [6, 6.07) is 14.4. The standard InChI is InChI=1S/C25H35NO2S2/c1-5-6-8-14-23-24(29-22-12-9-7-10-13-22)15-11-16-26(23)30(27,28)25-20(3)17-19(2)18-21(25)4/h7,9-10,12-13,17-18,23-24H,5-6,8,11,14-16H2,1-4H3/t23-,24-/m1/s1. The monoisotopic (exact) mass is 445 g/mol. The maximum Gasteiger partial charge on any atom is 0.243 e. The van der Waals surface area contributed by atoms with Crippen molar-refractivity contribution in [3.63, 3.8) is 0 Å². The van der Waals surface area contributed by atoms with Gasteiger partial charge in [0.2, 0.25) is 10.0 Å². The second-order valence-corrected chi connectivity index (χ2v) is 11.7. The maximum atomic E-state index is 13.9. The Balaban J connectivity index is 1.95. The minimum atomic E-state index is -3.53. The third-order valence-electron chi connectivity index (χ3n) is 5.97. The molecule has 0 unspecified atom stereocenters. The molecule has 3 rings (SSSR count). The number of aryl methyl sites for hydroxylation is 3. The van der Waals surface area contributed by atoms with Crippen molar-refractivity contribution in [1.82, 2.24) is 4.31 Å². The SMILES string of the molecule is CCCCC[C@@H]1[C@H](Sc2ccccc2)CCCN1S(=O)(=O)c1c(C)cc(C)cc1C. The molecule has 0 N–H and O–H groups in total. The summed E-state index contributed by atoms with van der Waals surface area (Å²) < 4.78 is 29.6. The molecule has 3 nitrogen and oxygen atoms in total. The van der Waals surface area contributed by atoms with Crippen molar-refractivity contribution < 1.29 is 8.42 Å². The highest BCUT2D eigenvalue weighted by atomic mass is 32.2. The molecular weight excluding hydrogens is 410 g/mol. The van der Waals surface area contributed by atoms with E-state index in [1.165, 1.54) is 4.90 Å². The Kier molecular flexibility index (Phi) is 8.05. The normalized spacial score (nSPS) is 20.4. The highest BCUT2D eigenvalue weighted by Crippen LogP contribution is 2.39. The Labute approximate surface area is 187 Å². The fraction of sp³-hybridized carbons (Fsp3) is 0.520. The van der Waals surface area contributed by atoms with Crippen LogP contribution in [0.25, 0.3) is 0 Å². The highest BCUT2D eigenvalue weighted by molar-refractivity contribution is 8.00. The van der Waals surface area contributed by atoms with Gasteiger partial charge in [0.15, 0.2) is 0 Å². The van der Waals surface area contributed by atoms with Crippen LogP contribution in [0, 0.1) is 20.8 Å². The van der Waals surface area contributed by atoms with Crippen LogP contribution < -0.4 is 0 Å². The van der Waals surface area contributed by atoms with Gasteiger partial charge in [-0.25, -0.2) is 8.42 Å². The van der Waals surface area contributed by atoms with Crippen molar-refractivity contribution in [1.29, 1.82) is 0 Å². The van der Waals surface area contributed by atoms with E-state index in [0.29, 0.717) is 16.7 Å². The van der Waals surface area contributed by atoms with Crippen molar-refractivity contribution >= 4 is 21.8 Å². The smallest absolute Gasteiger partial charge is 0.207 e. The van der Waals surface area contributed by atoms with Gasteiger partial charge in [-0.05, 0) is 63.3 Å². The van der Waals surface area contributed by atoms with Crippen LogP contribution in [0.2, 0.25) is 0 Å². The fourth-order valence-electron chi connectivity index (χ4n) is 4.73. The van der Waals surface area contributed by atoms with E-state index < -0.39 is 10.0 Å². The van der Waals surface area contributed by atoms with Gasteiger partial charge in [0, 0.05) is 22.7 Å². The Morgan fingerprint density at radius 3 is 2.33 bits per heavy atom. The van der Waals surface area contributed by atoms with E-state index in [1.54, 1.807) is 0 Å². The predicted molar refractivity (Wildman–Crippen MR) is 128 cm³/mol. The highest BCUT2D eigenvalue weighted by Gasteiger charge is 2.40. The summed E-state index contributed by atoms with van der Waals surface area (Å²) in [6.45, 7) is 8.71. The molecule has 1 aliphatic heterocycles. The molecule has 1 aliphatic rings. The summed E-state index contributed by atoms with van der Waals surface area (Å²) in [4.78, 5) is 1.74. The minimum Gasteiger partial charge on any atom is -0.207 e. The van der Waals surface area contributed by atoms with Crippen LogP contribution in [-0.4, -0.2) is 30.6 Å². The minimum absolute atomic E-state index is 0.0422. The molecule has 0 aromatic heterocycles. The van der Waals surface area contributed by atoms with Gasteiger partial charge in [0.1, 0.15) is 0 Å². The molecule has 2 aromatic rings. The third kappa shape index (κ3) is 5.30. The summed E-state index contributed by atoms with van der Waals surface area (Å²) >= 11 is 1.85. The van der Waals surface area contributed by atoms with Crippen LogP contribution >= 0.6 is 11.8 Å². The van der Waals surface area contributed by atoms with Crippen LogP contribution in [0.4, 0.5) is 0 Å². The molecule has 0 saturated carbocycles. The Morgan fingerprint density at radius 2 is 1.70 bits per heavy atom. The van der Waals surface area contributed by atoms with E-state index in [4.69, 9.17) is 0 Å². The Bertz CT molecular complexity index is 918. The lowest BCUT2D eigenvalue weighted by atomic mass is 9.98. The first-order valence-corrected chi connectivity index (χ1v) is 13.5. The zero-order valence-corrected chi connectivity index (χ0v) is 20.4. The molecule has 1 saturated heterocycles. The number of thioether (sulfide) groups is 1. The number of unbranched alkanes of at least 4 members (excludes halogenated alkanes) is 2. The van der Waals surface area contributed by atoms with E-state index in [2.05, 4.69) is 31.2 Å². The van der Waals surface area contributed by atoms with E-state index in [-0.39, 0.29) is 6.04 Å². The molecular formula is C25H35NO2S2. The molecule has 0 aliphatic carbocycles. The fourth-order valence-corrected chi connectivity index (χ4v) is 8.34. The first kappa shape index (κ1) is 23.4. The maximum absolute atomic E-state index is 13.9. The molecule has 1 fully saturated rings. The number of hydrogen-bond acceptors (Lipinski definition) is 3. The first-order chi connectivity index (χ1) is 14.3. The lowest BCUT2D eigenvalue weighted by molar-refractivity contribution is 0.243. The molecule has 164 valence electrons. The van der Waals surface area contributed by atoms with Crippen molar-refractivity contribution in [2.24, 2.45) is 0 Å². The Hall–Kier alpha value is -1.30. The summed E-state index contributed by atoms with van der Waals surface area (Å²) in [5.74, 6) is 0. The molecule has 0 radical (unpaired) electrons. The van der Waals surface area contributed by atoms with Crippen LogP contribution in [0.3, 0.4) is 0 Å². The lowest BCUT2D eigenvalue weighted by Gasteiger charge is -2.40. The van der Waals surface area contributed by atoms with Crippen LogP contribution in [0.15, 0.2) is 52.3 Å². The van der Waals surface area contributed by atoms with Gasteiger partial charge in [0.25, 0.3) is 0 Å². The van der Waals surface area contributed by atoms with Gasteiger partial charge in [-0.1, -0.05) is 62.1 Å². The van der Waals surface area contributed by atoms with Crippen LogP contribution in [-0.2, 0) is 10.0 Å². The largest absolute Gasteiger partial charge is 0.243 e. The first-order valence-electron chi connectivity index (χ1n) is 11.2. The third-order valence-corrected chi connectivity index (χ3v) is 9.60. The molecule has 0 spiro atoms. The molecule has 5 heteroatoms. The molecule has 0 amide bonds. The number of nitrogens with zero attached hydrogens (tertiary/aromatic N) is 1. The summed E-state index contributed by atoms with van der Waals surface area (Å²) in [5, 5.41) is 0.291. The quantitative estimate of drug-likeness (QED) is 0.435.